The van der Waals surface area contributed by atoms with Crippen molar-refractivity contribution < 1.29 is 4.79 Å². The van der Waals surface area contributed by atoms with E-state index in [0.717, 1.165) is 18.7 Å². The van der Waals surface area contributed by atoms with Crippen LogP contribution in [0.5, 0.6) is 0 Å². The quantitative estimate of drug-likeness (QED) is 0.816. The predicted molar refractivity (Wildman–Crippen MR) is 87.0 cm³/mol. The van der Waals surface area contributed by atoms with E-state index in [1.165, 1.54) is 30.4 Å². The number of likely N-dealkylation sites (tertiary alicyclic amines) is 1. The first-order valence-electron chi connectivity index (χ1n) is 7.63. The van der Waals surface area contributed by atoms with Crippen molar-refractivity contribution in [3.05, 3.63) is 35.4 Å². The molecule has 1 atom stereocenters. The summed E-state index contributed by atoms with van der Waals surface area (Å²) in [6.45, 7) is 5.25. The van der Waals surface area contributed by atoms with Gasteiger partial charge in [0, 0.05) is 18.3 Å². The number of hydrogen-bond donors (Lipinski definition) is 0. The van der Waals surface area contributed by atoms with Gasteiger partial charge >= 0.3 is 0 Å². The molecule has 1 heterocycles. The highest BCUT2D eigenvalue weighted by Gasteiger charge is 2.24. The summed E-state index contributed by atoms with van der Waals surface area (Å²) < 4.78 is 0. The molecule has 0 bridgehead atoms. The summed E-state index contributed by atoms with van der Waals surface area (Å²) in [5, 5.41) is 0. The first-order chi connectivity index (χ1) is 9.70. The van der Waals surface area contributed by atoms with Gasteiger partial charge in [0.05, 0.1) is 5.75 Å². The summed E-state index contributed by atoms with van der Waals surface area (Å²) in [6.07, 6.45) is 4.73. The van der Waals surface area contributed by atoms with E-state index in [-0.39, 0.29) is 0 Å². The van der Waals surface area contributed by atoms with Crippen molar-refractivity contribution in [1.82, 2.24) is 4.90 Å². The fourth-order valence-corrected chi connectivity index (χ4v) is 3.65. The van der Waals surface area contributed by atoms with E-state index in [1.54, 1.807) is 11.8 Å². The minimum Gasteiger partial charge on any atom is -0.339 e. The van der Waals surface area contributed by atoms with Gasteiger partial charge in [-0.25, -0.2) is 0 Å². The van der Waals surface area contributed by atoms with Crippen LogP contribution in [0.4, 0.5) is 0 Å². The highest BCUT2D eigenvalue weighted by molar-refractivity contribution is 7.99. The van der Waals surface area contributed by atoms with Crippen molar-refractivity contribution in [3.8, 4) is 0 Å². The van der Waals surface area contributed by atoms with E-state index >= 15 is 0 Å². The van der Waals surface area contributed by atoms with Gasteiger partial charge in [-0.3, -0.25) is 4.79 Å². The number of thioether (sulfide) groups is 1. The summed E-state index contributed by atoms with van der Waals surface area (Å²) in [5.41, 5.74) is 2.59. The molecule has 1 amide bonds. The van der Waals surface area contributed by atoms with Crippen molar-refractivity contribution in [2.75, 3.05) is 12.3 Å². The summed E-state index contributed by atoms with van der Waals surface area (Å²) in [5.74, 6) is 1.87. The van der Waals surface area contributed by atoms with Crippen LogP contribution < -0.4 is 0 Å². The first kappa shape index (κ1) is 15.4. The van der Waals surface area contributed by atoms with Crippen molar-refractivity contribution in [2.24, 2.45) is 0 Å². The maximum Gasteiger partial charge on any atom is 0.232 e. The minimum atomic E-state index is 0.327. The molecule has 0 aromatic heterocycles. The Kier molecular flexibility index (Phi) is 5.96. The Balaban J connectivity index is 1.78. The molecule has 0 saturated carbocycles. The van der Waals surface area contributed by atoms with E-state index in [1.807, 2.05) is 0 Å². The van der Waals surface area contributed by atoms with Crippen LogP contribution in [-0.4, -0.2) is 29.1 Å². The van der Waals surface area contributed by atoms with Gasteiger partial charge in [0.25, 0.3) is 0 Å². The van der Waals surface area contributed by atoms with Gasteiger partial charge < -0.3 is 4.90 Å². The third-order valence-electron chi connectivity index (χ3n) is 4.03. The lowest BCUT2D eigenvalue weighted by Crippen LogP contribution is -2.44. The zero-order chi connectivity index (χ0) is 14.4. The zero-order valence-electron chi connectivity index (χ0n) is 12.6. The molecule has 1 unspecified atom stereocenters. The molecular weight excluding hydrogens is 266 g/mol. The van der Waals surface area contributed by atoms with Crippen LogP contribution in [0.25, 0.3) is 0 Å². The molecule has 1 aromatic rings. The number of carbonyl (C=O) groups is 1. The monoisotopic (exact) mass is 291 g/mol. The minimum absolute atomic E-state index is 0.327. The number of nitrogens with zero attached hydrogens (tertiary/aromatic N) is 1. The number of piperidine rings is 1. The topological polar surface area (TPSA) is 20.3 Å². The third kappa shape index (κ3) is 4.27. The average molecular weight is 291 g/mol. The largest absolute Gasteiger partial charge is 0.339 e. The number of aryl methyl sites for hydroxylation is 1. The second-order valence-corrected chi connectivity index (χ2v) is 6.61. The van der Waals surface area contributed by atoms with Crippen LogP contribution >= 0.6 is 11.8 Å². The Morgan fingerprint density at radius 3 is 2.75 bits per heavy atom. The van der Waals surface area contributed by atoms with Gasteiger partial charge in [0.15, 0.2) is 0 Å². The molecule has 1 saturated heterocycles. The smallest absolute Gasteiger partial charge is 0.232 e. The van der Waals surface area contributed by atoms with Gasteiger partial charge in [0.2, 0.25) is 5.91 Å². The average Bonchev–Trinajstić information content (AvgIpc) is 2.49. The summed E-state index contributed by atoms with van der Waals surface area (Å²) in [6, 6.07) is 9.06. The molecule has 1 aromatic carbocycles. The molecule has 1 aliphatic rings. The molecule has 110 valence electrons. The van der Waals surface area contributed by atoms with E-state index in [0.29, 0.717) is 17.7 Å². The lowest BCUT2D eigenvalue weighted by atomic mass is 10.0. The van der Waals surface area contributed by atoms with E-state index in [9.17, 15) is 4.79 Å². The molecular formula is C17H25NOS. The fraction of sp³-hybridized carbons (Fsp3) is 0.588. The lowest BCUT2D eigenvalue weighted by molar-refractivity contribution is -0.132. The van der Waals surface area contributed by atoms with Crippen LogP contribution in [-0.2, 0) is 10.5 Å². The second kappa shape index (κ2) is 7.72. The summed E-state index contributed by atoms with van der Waals surface area (Å²) in [7, 11) is 0. The molecule has 0 N–H and O–H groups in total. The molecule has 1 aliphatic heterocycles. The number of benzene rings is 1. The zero-order valence-corrected chi connectivity index (χ0v) is 13.4. The van der Waals surface area contributed by atoms with Gasteiger partial charge in [0.1, 0.15) is 0 Å². The van der Waals surface area contributed by atoms with Gasteiger partial charge in [-0.2, -0.15) is 0 Å². The second-order valence-electron chi connectivity index (χ2n) is 5.62. The molecule has 0 aliphatic carbocycles. The molecule has 0 spiro atoms. The van der Waals surface area contributed by atoms with Gasteiger partial charge in [-0.05, 0) is 38.2 Å². The van der Waals surface area contributed by atoms with E-state index in [4.69, 9.17) is 0 Å². The van der Waals surface area contributed by atoms with Crippen molar-refractivity contribution in [3.63, 3.8) is 0 Å². The highest BCUT2D eigenvalue weighted by Crippen LogP contribution is 2.21. The third-order valence-corrected chi connectivity index (χ3v) is 5.02. The predicted octanol–water partition coefficient (Wildman–Crippen LogP) is 4.02. The van der Waals surface area contributed by atoms with E-state index in [2.05, 4.69) is 43.0 Å². The molecule has 2 rings (SSSR count). The maximum absolute atomic E-state index is 12.3. The SMILES string of the molecule is CCC1CCCCN1C(=O)CSCc1ccc(C)cc1. The summed E-state index contributed by atoms with van der Waals surface area (Å²) >= 11 is 1.74. The maximum atomic E-state index is 12.3. The Morgan fingerprint density at radius 1 is 1.30 bits per heavy atom. The van der Waals surface area contributed by atoms with Crippen LogP contribution in [0.15, 0.2) is 24.3 Å². The van der Waals surface area contributed by atoms with Crippen LogP contribution in [0.1, 0.15) is 43.7 Å². The van der Waals surface area contributed by atoms with Crippen LogP contribution in [0.3, 0.4) is 0 Å². The number of rotatable bonds is 5. The van der Waals surface area contributed by atoms with Crippen molar-refractivity contribution in [1.29, 1.82) is 0 Å². The Morgan fingerprint density at radius 2 is 2.05 bits per heavy atom. The standard InChI is InChI=1S/C17H25NOS/c1-3-16-6-4-5-11-18(16)17(19)13-20-12-15-9-7-14(2)8-10-15/h7-10,16H,3-6,11-13H2,1-2H3. The van der Waals surface area contributed by atoms with Crippen LogP contribution in [0, 0.1) is 6.92 Å². The van der Waals surface area contributed by atoms with Gasteiger partial charge in [-0.1, -0.05) is 36.8 Å². The van der Waals surface area contributed by atoms with Gasteiger partial charge in [-0.15, -0.1) is 11.8 Å². The molecule has 20 heavy (non-hydrogen) atoms. The van der Waals surface area contributed by atoms with E-state index < -0.39 is 0 Å². The van der Waals surface area contributed by atoms with Crippen molar-refractivity contribution >= 4 is 17.7 Å². The normalized spacial score (nSPS) is 19.1. The molecule has 3 heteroatoms. The number of hydrogen-bond acceptors (Lipinski definition) is 2. The number of amides is 1. The summed E-state index contributed by atoms with van der Waals surface area (Å²) in [4.78, 5) is 14.4. The molecule has 0 radical (unpaired) electrons. The lowest BCUT2D eigenvalue weighted by Gasteiger charge is -2.35. The molecule has 1 fully saturated rings. The number of carbonyl (C=O) groups excluding carboxylic acids is 1. The Labute approximate surface area is 126 Å². The van der Waals surface area contributed by atoms with Crippen LogP contribution in [0.2, 0.25) is 0 Å². The fourth-order valence-electron chi connectivity index (χ4n) is 2.78. The Hall–Kier alpha value is -0.960. The highest BCUT2D eigenvalue weighted by atomic mass is 32.2. The first-order valence-corrected chi connectivity index (χ1v) is 8.79. The molecule has 2 nitrogen and oxygen atoms in total. The van der Waals surface area contributed by atoms with Crippen molar-refractivity contribution in [2.45, 2.75) is 51.3 Å². The Bertz CT molecular complexity index is 429.